The fourth-order valence-corrected chi connectivity index (χ4v) is 6.54. The van der Waals surface area contributed by atoms with Crippen molar-refractivity contribution in [1.82, 2.24) is 0 Å². The molecule has 1 aliphatic rings. The highest BCUT2D eigenvalue weighted by molar-refractivity contribution is 8.00. The first-order chi connectivity index (χ1) is 18.9. The molecule has 2 aromatic carbocycles. The number of anilines is 2. The largest absolute Gasteiger partial charge is 0.496 e. The molecule has 10 heteroatoms. The second-order valence-electron chi connectivity index (χ2n) is 8.85. The molecule has 0 unspecified atom stereocenters. The molecule has 1 heterocycles. The van der Waals surface area contributed by atoms with E-state index in [1.807, 2.05) is 12.1 Å². The third-order valence-corrected chi connectivity index (χ3v) is 8.47. The summed E-state index contributed by atoms with van der Waals surface area (Å²) >= 11 is 2.82. The number of amides is 2. The third kappa shape index (κ3) is 6.93. The Kier molecular flexibility index (Phi) is 9.89. The van der Waals surface area contributed by atoms with Crippen LogP contribution in [0.1, 0.15) is 57.3 Å². The number of thiophene rings is 1. The fraction of sp³-hybridized carbons (Fsp3) is 0.345. The molecule has 0 fully saturated rings. The average Bonchev–Trinajstić information content (AvgIpc) is 3.11. The number of carbonyl (C=O) groups is 3. The van der Waals surface area contributed by atoms with Gasteiger partial charge in [-0.05, 0) is 68.5 Å². The van der Waals surface area contributed by atoms with Crippen LogP contribution in [0.4, 0.5) is 10.7 Å². The Balaban J connectivity index is 1.43. The molecule has 0 bridgehead atoms. The van der Waals surface area contributed by atoms with E-state index in [-0.39, 0.29) is 30.1 Å². The summed E-state index contributed by atoms with van der Waals surface area (Å²) in [6, 6.07) is 12.4. The van der Waals surface area contributed by atoms with Crippen LogP contribution in [0.15, 0.2) is 47.4 Å². The van der Waals surface area contributed by atoms with Crippen molar-refractivity contribution < 1.29 is 28.6 Å². The maximum Gasteiger partial charge on any atom is 0.341 e. The highest BCUT2D eigenvalue weighted by atomic mass is 32.2. The molecule has 0 aliphatic heterocycles. The van der Waals surface area contributed by atoms with E-state index >= 15 is 0 Å². The summed E-state index contributed by atoms with van der Waals surface area (Å²) in [6.45, 7) is 2.06. The van der Waals surface area contributed by atoms with Gasteiger partial charge in [0.15, 0.2) is 0 Å². The van der Waals surface area contributed by atoms with Gasteiger partial charge < -0.3 is 24.8 Å². The number of ether oxygens (including phenoxy) is 3. The monoisotopic (exact) mass is 568 g/mol. The molecular formula is C29H32N2O6S2. The summed E-state index contributed by atoms with van der Waals surface area (Å²) < 4.78 is 16.0. The smallest absolute Gasteiger partial charge is 0.341 e. The number of hydrogen-bond donors (Lipinski definition) is 2. The summed E-state index contributed by atoms with van der Waals surface area (Å²) in [7, 11) is 2.99. The van der Waals surface area contributed by atoms with Crippen molar-refractivity contribution in [2.24, 2.45) is 0 Å². The summed E-state index contributed by atoms with van der Waals surface area (Å²) in [4.78, 5) is 40.7. The van der Waals surface area contributed by atoms with E-state index in [0.29, 0.717) is 33.3 Å². The van der Waals surface area contributed by atoms with Crippen molar-refractivity contribution in [3.63, 3.8) is 0 Å². The number of fused-ring (bicyclic) bond motifs is 1. The van der Waals surface area contributed by atoms with Gasteiger partial charge in [0, 0.05) is 15.5 Å². The third-order valence-electron chi connectivity index (χ3n) is 6.27. The zero-order valence-electron chi connectivity index (χ0n) is 22.3. The van der Waals surface area contributed by atoms with E-state index in [4.69, 9.17) is 14.2 Å². The second-order valence-corrected chi connectivity index (χ2v) is 11.0. The van der Waals surface area contributed by atoms with Gasteiger partial charge in [-0.2, -0.15) is 0 Å². The van der Waals surface area contributed by atoms with Crippen LogP contribution in [-0.2, 0) is 22.4 Å². The Morgan fingerprint density at radius 3 is 2.36 bits per heavy atom. The topological polar surface area (TPSA) is 103 Å². The minimum atomic E-state index is -0.380. The first-order valence-electron chi connectivity index (χ1n) is 12.8. The van der Waals surface area contributed by atoms with Crippen molar-refractivity contribution in [2.45, 2.75) is 43.9 Å². The van der Waals surface area contributed by atoms with Gasteiger partial charge in [0.2, 0.25) is 5.91 Å². The predicted molar refractivity (Wildman–Crippen MR) is 155 cm³/mol. The van der Waals surface area contributed by atoms with Crippen LogP contribution in [0.3, 0.4) is 0 Å². The minimum absolute atomic E-state index is 0.141. The van der Waals surface area contributed by atoms with Gasteiger partial charge in [0.25, 0.3) is 5.91 Å². The van der Waals surface area contributed by atoms with Crippen LogP contribution in [0, 0.1) is 0 Å². The van der Waals surface area contributed by atoms with Crippen molar-refractivity contribution in [2.75, 3.05) is 37.2 Å². The van der Waals surface area contributed by atoms with E-state index in [9.17, 15) is 14.4 Å². The van der Waals surface area contributed by atoms with Gasteiger partial charge in [-0.3, -0.25) is 9.59 Å². The van der Waals surface area contributed by atoms with Crippen LogP contribution in [0.5, 0.6) is 11.5 Å². The van der Waals surface area contributed by atoms with Gasteiger partial charge >= 0.3 is 5.97 Å². The number of hydrogen-bond acceptors (Lipinski definition) is 8. The number of nitrogens with one attached hydrogen (secondary N) is 2. The number of thioether (sulfide) groups is 1. The Bertz CT molecular complexity index is 1330. The summed E-state index contributed by atoms with van der Waals surface area (Å²) in [6.07, 6.45) is 4.97. The molecule has 0 atom stereocenters. The Morgan fingerprint density at radius 1 is 0.923 bits per heavy atom. The lowest BCUT2D eigenvalue weighted by Crippen LogP contribution is -2.17. The van der Waals surface area contributed by atoms with E-state index in [1.165, 1.54) is 37.3 Å². The number of aryl methyl sites for hydroxylation is 1. The molecule has 39 heavy (non-hydrogen) atoms. The van der Waals surface area contributed by atoms with E-state index in [2.05, 4.69) is 10.6 Å². The molecule has 2 N–H and O–H groups in total. The van der Waals surface area contributed by atoms with Crippen LogP contribution in [0.2, 0.25) is 0 Å². The zero-order chi connectivity index (χ0) is 27.8. The zero-order valence-corrected chi connectivity index (χ0v) is 23.9. The molecule has 0 spiro atoms. The number of benzene rings is 2. The number of esters is 1. The van der Waals surface area contributed by atoms with Crippen molar-refractivity contribution in [3.05, 3.63) is 64.0 Å². The van der Waals surface area contributed by atoms with Crippen LogP contribution in [-0.4, -0.2) is 44.4 Å². The molecule has 0 saturated heterocycles. The molecule has 0 radical (unpaired) electrons. The summed E-state index contributed by atoms with van der Waals surface area (Å²) in [5.41, 5.74) is 2.40. The maximum atomic E-state index is 13.0. The standard InChI is InChI=1S/C29H32N2O6S2/c1-4-37-29(34)25-20-12-6-5-7-15-23(20)39-28(25)31-24(32)17-38-19-11-8-10-18(16-19)30-27(33)26-21(35-2)13-9-14-22(26)36-3/h8-11,13-14,16H,4-7,12,15,17H2,1-3H3,(H,30,33)(H,31,32). The molecule has 8 nitrogen and oxygen atoms in total. The van der Waals surface area contributed by atoms with Crippen LogP contribution >= 0.6 is 23.1 Å². The van der Waals surface area contributed by atoms with Gasteiger partial charge in [0.1, 0.15) is 22.1 Å². The summed E-state index contributed by atoms with van der Waals surface area (Å²) in [5.74, 6) is -0.00902. The molecule has 4 rings (SSSR count). The Morgan fingerprint density at radius 2 is 1.64 bits per heavy atom. The first kappa shape index (κ1) is 28.5. The second kappa shape index (κ2) is 13.5. The molecule has 206 valence electrons. The molecule has 2 amide bonds. The number of rotatable bonds is 10. The normalized spacial score (nSPS) is 12.6. The van der Waals surface area contributed by atoms with Gasteiger partial charge in [-0.25, -0.2) is 4.79 Å². The van der Waals surface area contributed by atoms with E-state index in [0.717, 1.165) is 47.4 Å². The molecule has 1 aromatic heterocycles. The van der Waals surface area contributed by atoms with Gasteiger partial charge in [-0.15, -0.1) is 23.1 Å². The summed E-state index contributed by atoms with van der Waals surface area (Å²) in [5, 5.41) is 6.40. The quantitative estimate of drug-likeness (QED) is 0.171. The fourth-order valence-electron chi connectivity index (χ4n) is 4.49. The lowest BCUT2D eigenvalue weighted by molar-refractivity contribution is -0.113. The van der Waals surface area contributed by atoms with Crippen LogP contribution in [0.25, 0.3) is 0 Å². The van der Waals surface area contributed by atoms with E-state index < -0.39 is 0 Å². The molecular weight excluding hydrogens is 536 g/mol. The van der Waals surface area contributed by atoms with Gasteiger partial charge in [0.05, 0.1) is 32.1 Å². The minimum Gasteiger partial charge on any atom is -0.496 e. The van der Waals surface area contributed by atoms with Crippen molar-refractivity contribution in [1.29, 1.82) is 0 Å². The lowest BCUT2D eigenvalue weighted by atomic mass is 10.1. The Labute approximate surface area is 236 Å². The Hall–Kier alpha value is -3.50. The molecule has 3 aromatic rings. The highest BCUT2D eigenvalue weighted by Crippen LogP contribution is 2.38. The van der Waals surface area contributed by atoms with E-state index in [1.54, 1.807) is 37.3 Å². The average molecular weight is 569 g/mol. The number of methoxy groups -OCH3 is 2. The maximum absolute atomic E-state index is 13.0. The van der Waals surface area contributed by atoms with Crippen LogP contribution < -0.4 is 20.1 Å². The molecule has 1 aliphatic carbocycles. The predicted octanol–water partition coefficient (Wildman–Crippen LogP) is 6.19. The lowest BCUT2D eigenvalue weighted by Gasteiger charge is -2.13. The van der Waals surface area contributed by atoms with Crippen molar-refractivity contribution >= 4 is 51.6 Å². The molecule has 0 saturated carbocycles. The SMILES string of the molecule is CCOC(=O)c1c(NC(=O)CSc2cccc(NC(=O)c3c(OC)cccc3OC)c2)sc2c1CCCCC2. The van der Waals surface area contributed by atoms with Crippen molar-refractivity contribution in [3.8, 4) is 11.5 Å². The number of carbonyl (C=O) groups excluding carboxylic acids is 3. The van der Waals surface area contributed by atoms with Gasteiger partial charge in [-0.1, -0.05) is 18.6 Å². The highest BCUT2D eigenvalue weighted by Gasteiger charge is 2.26. The first-order valence-corrected chi connectivity index (χ1v) is 14.6.